The van der Waals surface area contributed by atoms with Crippen molar-refractivity contribution in [3.8, 4) is 0 Å². The molecule has 6 nitrogen and oxygen atoms in total. The fourth-order valence-electron chi connectivity index (χ4n) is 4.49. The lowest BCUT2D eigenvalue weighted by Gasteiger charge is -2.33. The molecule has 1 N–H and O–H groups in total. The Bertz CT molecular complexity index is 1040. The van der Waals surface area contributed by atoms with Crippen LogP contribution in [0.1, 0.15) is 56.7 Å². The van der Waals surface area contributed by atoms with Gasteiger partial charge >= 0.3 is 0 Å². The molecule has 0 aromatic heterocycles. The molecule has 2 aromatic carbocycles. The number of piperidine rings is 1. The third kappa shape index (κ3) is 6.97. The number of anilines is 2. The molecule has 0 unspecified atom stereocenters. The minimum Gasteiger partial charge on any atom is -0.371 e. The highest BCUT2D eigenvalue weighted by atomic mass is 32.2. The van der Waals surface area contributed by atoms with E-state index in [0.29, 0.717) is 12.1 Å². The van der Waals surface area contributed by atoms with Crippen molar-refractivity contribution in [2.75, 3.05) is 35.1 Å². The Balaban J connectivity index is 1.52. The molecule has 33 heavy (non-hydrogen) atoms. The number of rotatable bonds is 9. The van der Waals surface area contributed by atoms with Gasteiger partial charge in [0.2, 0.25) is 15.9 Å². The Labute approximate surface area is 199 Å². The normalized spacial score (nSPS) is 17.5. The number of nitrogens with zero attached hydrogens (tertiary/aromatic N) is 2. The van der Waals surface area contributed by atoms with Gasteiger partial charge in [-0.05, 0) is 68.4 Å². The predicted octanol–water partition coefficient (Wildman–Crippen LogP) is 4.65. The minimum absolute atomic E-state index is 0.0744. The topological polar surface area (TPSA) is 69.7 Å². The molecule has 0 bridgehead atoms. The van der Waals surface area contributed by atoms with Gasteiger partial charge in [-0.3, -0.25) is 9.10 Å². The molecule has 2 atom stereocenters. The summed E-state index contributed by atoms with van der Waals surface area (Å²) in [6.07, 6.45) is 4.45. The van der Waals surface area contributed by atoms with Crippen LogP contribution in [0.25, 0.3) is 0 Å². The maximum atomic E-state index is 12.5. The zero-order valence-electron chi connectivity index (χ0n) is 20.3. The first kappa shape index (κ1) is 25.1. The fourth-order valence-corrected chi connectivity index (χ4v) is 5.51. The first-order valence-corrected chi connectivity index (χ1v) is 13.7. The molecule has 3 rings (SSSR count). The van der Waals surface area contributed by atoms with Crippen molar-refractivity contribution in [3.63, 3.8) is 0 Å². The summed E-state index contributed by atoms with van der Waals surface area (Å²) < 4.78 is 26.0. The molecule has 1 fully saturated rings. The monoisotopic (exact) mass is 471 g/mol. The molecule has 1 saturated heterocycles. The van der Waals surface area contributed by atoms with E-state index >= 15 is 0 Å². The summed E-state index contributed by atoms with van der Waals surface area (Å²) in [5.74, 6) is 0.649. The summed E-state index contributed by atoms with van der Waals surface area (Å²) >= 11 is 0. The van der Waals surface area contributed by atoms with Crippen molar-refractivity contribution in [1.82, 2.24) is 5.32 Å². The molecule has 7 heteroatoms. The van der Waals surface area contributed by atoms with Gasteiger partial charge in [-0.25, -0.2) is 8.42 Å². The van der Waals surface area contributed by atoms with Crippen LogP contribution in [0.4, 0.5) is 11.4 Å². The molecule has 0 aliphatic carbocycles. The van der Waals surface area contributed by atoms with Crippen molar-refractivity contribution < 1.29 is 13.2 Å². The number of hydrogen-bond acceptors (Lipinski definition) is 4. The zero-order chi connectivity index (χ0) is 24.0. The average Bonchev–Trinajstić information content (AvgIpc) is 2.77. The van der Waals surface area contributed by atoms with E-state index in [1.165, 1.54) is 29.1 Å². The first-order chi connectivity index (χ1) is 15.6. The van der Waals surface area contributed by atoms with Gasteiger partial charge < -0.3 is 10.2 Å². The largest absolute Gasteiger partial charge is 0.371 e. The number of nitrogens with one attached hydrogen (secondary N) is 1. The standard InChI is InChI=1S/C26H37N3O3S/c1-20-9-7-17-28(19-20)24-15-13-23(14-16-24)22(3)27-26(30)12-8-18-29(33(4,31)32)25-11-6-5-10-21(25)2/h5-6,10-11,13-16,20,22H,7-9,12,17-19H2,1-4H3,(H,27,30)/t20-,22-/m0/s1. The molecule has 1 aliphatic rings. The lowest BCUT2D eigenvalue weighted by molar-refractivity contribution is -0.121. The zero-order valence-corrected chi connectivity index (χ0v) is 21.1. The van der Waals surface area contributed by atoms with E-state index in [-0.39, 0.29) is 24.9 Å². The summed E-state index contributed by atoms with van der Waals surface area (Å²) in [5.41, 5.74) is 3.86. The number of carbonyl (C=O) groups excluding carboxylic acids is 1. The van der Waals surface area contributed by atoms with Crippen LogP contribution >= 0.6 is 0 Å². The van der Waals surface area contributed by atoms with E-state index < -0.39 is 10.0 Å². The number of aryl methyl sites for hydroxylation is 1. The fraction of sp³-hybridized carbons (Fsp3) is 0.500. The second-order valence-electron chi connectivity index (χ2n) is 9.30. The Hall–Kier alpha value is -2.54. The highest BCUT2D eigenvalue weighted by Crippen LogP contribution is 2.25. The number of hydrogen-bond donors (Lipinski definition) is 1. The number of benzene rings is 2. The van der Waals surface area contributed by atoms with Gasteiger partial charge in [-0.2, -0.15) is 0 Å². The van der Waals surface area contributed by atoms with E-state index in [1.807, 2.05) is 32.0 Å². The van der Waals surface area contributed by atoms with Crippen molar-refractivity contribution >= 4 is 27.3 Å². The Kier molecular flexibility index (Phi) is 8.40. The Morgan fingerprint density at radius 2 is 1.88 bits per heavy atom. The molecule has 0 radical (unpaired) electrons. The van der Waals surface area contributed by atoms with Gasteiger partial charge in [0.05, 0.1) is 18.0 Å². The summed E-state index contributed by atoms with van der Waals surface area (Å²) in [7, 11) is -3.42. The van der Waals surface area contributed by atoms with Crippen LogP contribution in [0, 0.1) is 12.8 Å². The molecule has 180 valence electrons. The van der Waals surface area contributed by atoms with Gasteiger partial charge in [0.25, 0.3) is 0 Å². The highest BCUT2D eigenvalue weighted by Gasteiger charge is 2.20. The highest BCUT2D eigenvalue weighted by molar-refractivity contribution is 7.92. The van der Waals surface area contributed by atoms with Gasteiger partial charge in [0.1, 0.15) is 0 Å². The Morgan fingerprint density at radius 1 is 1.18 bits per heavy atom. The molecular formula is C26H37N3O3S. The van der Waals surface area contributed by atoms with Crippen LogP contribution < -0.4 is 14.5 Å². The molecular weight excluding hydrogens is 434 g/mol. The van der Waals surface area contributed by atoms with Crippen molar-refractivity contribution in [2.45, 2.75) is 52.5 Å². The summed E-state index contributed by atoms with van der Waals surface area (Å²) in [6.45, 7) is 8.63. The van der Waals surface area contributed by atoms with E-state index in [0.717, 1.165) is 30.1 Å². The molecule has 0 saturated carbocycles. The van der Waals surface area contributed by atoms with E-state index in [9.17, 15) is 13.2 Å². The van der Waals surface area contributed by atoms with Crippen LogP contribution in [0.2, 0.25) is 0 Å². The quantitative estimate of drug-likeness (QED) is 0.578. The number of carbonyl (C=O) groups is 1. The Morgan fingerprint density at radius 3 is 2.52 bits per heavy atom. The molecule has 0 spiro atoms. The second kappa shape index (κ2) is 11.1. The lowest BCUT2D eigenvalue weighted by atomic mass is 9.99. The molecule has 1 aliphatic heterocycles. The van der Waals surface area contributed by atoms with Gasteiger partial charge in [-0.1, -0.05) is 37.3 Å². The van der Waals surface area contributed by atoms with Gasteiger partial charge in [0, 0.05) is 31.7 Å². The SMILES string of the molecule is Cc1ccccc1N(CCCC(=O)N[C@@H](C)c1ccc(N2CCC[C@H](C)C2)cc1)S(C)(=O)=O. The summed E-state index contributed by atoms with van der Waals surface area (Å²) in [4.78, 5) is 15.0. The van der Waals surface area contributed by atoms with Gasteiger partial charge in [-0.15, -0.1) is 0 Å². The van der Waals surface area contributed by atoms with Gasteiger partial charge in [0.15, 0.2) is 0 Å². The van der Waals surface area contributed by atoms with Crippen molar-refractivity contribution in [2.24, 2.45) is 5.92 Å². The van der Waals surface area contributed by atoms with Crippen molar-refractivity contribution in [1.29, 1.82) is 0 Å². The number of para-hydroxylation sites is 1. The predicted molar refractivity (Wildman–Crippen MR) is 136 cm³/mol. The smallest absolute Gasteiger partial charge is 0.232 e. The van der Waals surface area contributed by atoms with E-state index in [1.54, 1.807) is 6.07 Å². The van der Waals surface area contributed by atoms with Crippen LogP contribution in [0.5, 0.6) is 0 Å². The minimum atomic E-state index is -3.42. The van der Waals surface area contributed by atoms with Crippen LogP contribution in [-0.4, -0.2) is 40.2 Å². The first-order valence-electron chi connectivity index (χ1n) is 11.8. The number of sulfonamides is 1. The third-order valence-corrected chi connectivity index (χ3v) is 7.52. The molecule has 2 aromatic rings. The lowest BCUT2D eigenvalue weighted by Crippen LogP contribution is -2.34. The maximum absolute atomic E-state index is 12.5. The molecule has 1 amide bonds. The summed E-state index contributed by atoms with van der Waals surface area (Å²) in [5, 5.41) is 3.05. The van der Waals surface area contributed by atoms with E-state index in [4.69, 9.17) is 0 Å². The van der Waals surface area contributed by atoms with Crippen LogP contribution in [0.3, 0.4) is 0 Å². The second-order valence-corrected chi connectivity index (χ2v) is 11.2. The number of amides is 1. The maximum Gasteiger partial charge on any atom is 0.232 e. The summed E-state index contributed by atoms with van der Waals surface area (Å²) in [6, 6.07) is 15.7. The van der Waals surface area contributed by atoms with Crippen molar-refractivity contribution in [3.05, 3.63) is 59.7 Å². The van der Waals surface area contributed by atoms with E-state index in [2.05, 4.69) is 41.4 Å². The van der Waals surface area contributed by atoms with Crippen LogP contribution in [0.15, 0.2) is 48.5 Å². The van der Waals surface area contributed by atoms with Crippen LogP contribution in [-0.2, 0) is 14.8 Å². The third-order valence-electron chi connectivity index (χ3n) is 6.34. The average molecular weight is 472 g/mol. The molecule has 1 heterocycles.